The molecule has 3 saturated heterocycles. The lowest BCUT2D eigenvalue weighted by Crippen LogP contribution is -2.61. The highest BCUT2D eigenvalue weighted by Gasteiger charge is 2.47. The molecule has 1 aromatic carbocycles. The van der Waals surface area contributed by atoms with Crippen LogP contribution in [-0.2, 0) is 0 Å². The summed E-state index contributed by atoms with van der Waals surface area (Å²) in [5.41, 5.74) is 0.733. The van der Waals surface area contributed by atoms with Crippen LogP contribution in [0, 0.1) is 24.6 Å². The van der Waals surface area contributed by atoms with Crippen LogP contribution in [0.25, 0.3) is 10.1 Å². The minimum atomic E-state index is -0.181. The van der Waals surface area contributed by atoms with Gasteiger partial charge in [-0.1, -0.05) is 12.1 Å². The van der Waals surface area contributed by atoms with Crippen molar-refractivity contribution in [3.63, 3.8) is 0 Å². The number of carbonyl (C=O) groups is 1. The van der Waals surface area contributed by atoms with Crippen LogP contribution in [-0.4, -0.2) is 29.3 Å². The number of hydrogen-bond donors (Lipinski definition) is 0. The van der Waals surface area contributed by atoms with Gasteiger partial charge in [-0.05, 0) is 75.6 Å². The summed E-state index contributed by atoms with van der Waals surface area (Å²) in [6.07, 6.45) is 3.00. The number of nitrogens with zero attached hydrogens (tertiary/aromatic N) is 1. The number of piperidine rings is 3. The molecule has 3 fully saturated rings. The standard InChI is InChI=1S/C20H24FNOS/c1-12-4-5-14-10-17(24-19(14)18(12)21)16(23)11-15-13-6-8-22(9-7-13)20(15,2)3/h4-5,10,13,15H,6-9,11H2,1-3H3/t15-/m1/s1. The van der Waals surface area contributed by atoms with Crippen LogP contribution in [0.15, 0.2) is 18.2 Å². The molecule has 0 radical (unpaired) electrons. The number of benzene rings is 1. The molecule has 2 bridgehead atoms. The van der Waals surface area contributed by atoms with E-state index in [-0.39, 0.29) is 17.1 Å². The molecule has 0 amide bonds. The maximum absolute atomic E-state index is 14.3. The second-order valence-corrected chi connectivity index (χ2v) is 8.99. The average molecular weight is 345 g/mol. The van der Waals surface area contributed by atoms with Crippen molar-refractivity contribution < 1.29 is 9.18 Å². The lowest BCUT2D eigenvalue weighted by atomic mass is 9.65. The van der Waals surface area contributed by atoms with Gasteiger partial charge in [0.1, 0.15) is 5.82 Å². The highest BCUT2D eigenvalue weighted by Crippen LogP contribution is 2.46. The third-order valence-corrected chi connectivity index (χ3v) is 7.51. The van der Waals surface area contributed by atoms with E-state index < -0.39 is 0 Å². The molecule has 24 heavy (non-hydrogen) atoms. The maximum atomic E-state index is 14.3. The minimum Gasteiger partial charge on any atom is -0.298 e. The van der Waals surface area contributed by atoms with Crippen molar-refractivity contribution >= 4 is 27.2 Å². The first-order valence-electron chi connectivity index (χ1n) is 8.85. The fourth-order valence-electron chi connectivity index (χ4n) is 4.71. The van der Waals surface area contributed by atoms with E-state index in [0.29, 0.717) is 33.4 Å². The van der Waals surface area contributed by atoms with Gasteiger partial charge in [0, 0.05) is 12.0 Å². The molecule has 3 aliphatic rings. The molecule has 0 spiro atoms. The predicted molar refractivity (Wildman–Crippen MR) is 97.3 cm³/mol. The first kappa shape index (κ1) is 16.2. The first-order chi connectivity index (χ1) is 11.4. The van der Waals surface area contributed by atoms with Gasteiger partial charge in [-0.15, -0.1) is 11.3 Å². The van der Waals surface area contributed by atoms with Gasteiger partial charge in [0.15, 0.2) is 5.78 Å². The van der Waals surface area contributed by atoms with Crippen molar-refractivity contribution in [1.82, 2.24) is 4.90 Å². The second-order valence-electron chi connectivity index (χ2n) is 7.94. The molecule has 1 aromatic heterocycles. The molecule has 0 unspecified atom stereocenters. The number of halogens is 1. The molecule has 0 N–H and O–H groups in total. The highest BCUT2D eigenvalue weighted by molar-refractivity contribution is 7.20. The summed E-state index contributed by atoms with van der Waals surface area (Å²) in [7, 11) is 0. The number of fused-ring (bicyclic) bond motifs is 4. The fraction of sp³-hybridized carbons (Fsp3) is 0.550. The molecule has 3 aliphatic heterocycles. The molecule has 5 rings (SSSR count). The Morgan fingerprint density at radius 2 is 2.04 bits per heavy atom. The SMILES string of the molecule is Cc1ccc2cc(C(=O)C[C@@H]3C4CCN(CC4)C3(C)C)sc2c1F. The van der Waals surface area contributed by atoms with Gasteiger partial charge < -0.3 is 0 Å². The Hall–Kier alpha value is -1.26. The lowest BCUT2D eigenvalue weighted by Gasteiger charge is -2.56. The summed E-state index contributed by atoms with van der Waals surface area (Å²) in [5.74, 6) is 1.06. The summed E-state index contributed by atoms with van der Waals surface area (Å²) in [4.78, 5) is 16.2. The Bertz CT molecular complexity index is 801. The van der Waals surface area contributed by atoms with Gasteiger partial charge in [0.2, 0.25) is 0 Å². The molecular weight excluding hydrogens is 321 g/mol. The average Bonchev–Trinajstić information content (AvgIpc) is 3.00. The molecule has 4 heteroatoms. The normalized spacial score (nSPS) is 28.4. The zero-order valence-corrected chi connectivity index (χ0v) is 15.4. The van der Waals surface area contributed by atoms with Crippen LogP contribution in [0.4, 0.5) is 4.39 Å². The lowest BCUT2D eigenvalue weighted by molar-refractivity contribution is -0.0643. The second kappa shape index (κ2) is 5.63. The van der Waals surface area contributed by atoms with Crippen LogP contribution in [0.1, 0.15) is 48.3 Å². The quantitative estimate of drug-likeness (QED) is 0.726. The summed E-state index contributed by atoms with van der Waals surface area (Å²) < 4.78 is 14.9. The summed E-state index contributed by atoms with van der Waals surface area (Å²) in [5, 5.41) is 0.847. The first-order valence-corrected chi connectivity index (χ1v) is 9.66. The number of Topliss-reactive ketones (excluding diaryl/α,β-unsaturated/α-hetero) is 1. The molecule has 4 heterocycles. The zero-order chi connectivity index (χ0) is 17.1. The Labute approximate surface area is 146 Å². The molecule has 0 aliphatic carbocycles. The van der Waals surface area contributed by atoms with Gasteiger partial charge in [-0.2, -0.15) is 0 Å². The monoisotopic (exact) mass is 345 g/mol. The van der Waals surface area contributed by atoms with Crippen LogP contribution >= 0.6 is 11.3 Å². The summed E-state index contributed by atoms with van der Waals surface area (Å²) in [6, 6.07) is 5.58. The van der Waals surface area contributed by atoms with Gasteiger partial charge in [0.25, 0.3) is 0 Å². The minimum absolute atomic E-state index is 0.0926. The molecule has 2 nitrogen and oxygen atoms in total. The molecule has 1 atom stereocenters. The zero-order valence-electron chi connectivity index (χ0n) is 14.6. The topological polar surface area (TPSA) is 20.3 Å². The number of hydrogen-bond acceptors (Lipinski definition) is 3. The van der Waals surface area contributed by atoms with Gasteiger partial charge in [-0.25, -0.2) is 4.39 Å². The highest BCUT2D eigenvalue weighted by atomic mass is 32.1. The Kier molecular flexibility index (Phi) is 3.81. The van der Waals surface area contributed by atoms with Crippen LogP contribution < -0.4 is 0 Å². The van der Waals surface area contributed by atoms with Crippen molar-refractivity contribution in [1.29, 1.82) is 0 Å². The van der Waals surface area contributed by atoms with Crippen LogP contribution in [0.5, 0.6) is 0 Å². The Morgan fingerprint density at radius 3 is 2.71 bits per heavy atom. The number of ketones is 1. The fourth-order valence-corrected chi connectivity index (χ4v) is 5.81. The van der Waals surface area contributed by atoms with E-state index in [1.807, 2.05) is 12.1 Å². The third-order valence-electron chi connectivity index (χ3n) is 6.33. The Morgan fingerprint density at radius 1 is 1.33 bits per heavy atom. The third kappa shape index (κ3) is 2.42. The van der Waals surface area contributed by atoms with Crippen LogP contribution in [0.2, 0.25) is 0 Å². The summed E-state index contributed by atoms with van der Waals surface area (Å²) >= 11 is 1.32. The number of thiophene rings is 1. The van der Waals surface area contributed by atoms with Crippen molar-refractivity contribution in [2.75, 3.05) is 13.1 Å². The van der Waals surface area contributed by atoms with E-state index in [1.54, 1.807) is 13.0 Å². The van der Waals surface area contributed by atoms with Crippen LogP contribution in [0.3, 0.4) is 0 Å². The molecule has 0 saturated carbocycles. The van der Waals surface area contributed by atoms with Gasteiger partial charge >= 0.3 is 0 Å². The van der Waals surface area contributed by atoms with Crippen molar-refractivity contribution in [2.24, 2.45) is 11.8 Å². The Balaban J connectivity index is 1.61. The number of carbonyl (C=O) groups excluding carboxylic acids is 1. The molecular formula is C20H24FNOS. The van der Waals surface area contributed by atoms with E-state index in [1.165, 1.54) is 24.2 Å². The summed E-state index contributed by atoms with van der Waals surface area (Å²) in [6.45, 7) is 8.66. The van der Waals surface area contributed by atoms with E-state index in [4.69, 9.17) is 0 Å². The number of aryl methyl sites for hydroxylation is 1. The van der Waals surface area contributed by atoms with Gasteiger partial charge in [0.05, 0.1) is 9.58 Å². The van der Waals surface area contributed by atoms with E-state index in [9.17, 15) is 9.18 Å². The van der Waals surface area contributed by atoms with Crippen molar-refractivity contribution in [3.05, 3.63) is 34.5 Å². The van der Waals surface area contributed by atoms with E-state index in [0.717, 1.165) is 18.5 Å². The predicted octanol–water partition coefficient (Wildman–Crippen LogP) is 5.04. The largest absolute Gasteiger partial charge is 0.298 e. The van der Waals surface area contributed by atoms with E-state index >= 15 is 0 Å². The van der Waals surface area contributed by atoms with E-state index in [2.05, 4.69) is 18.7 Å². The smallest absolute Gasteiger partial charge is 0.173 e. The maximum Gasteiger partial charge on any atom is 0.173 e. The molecule has 128 valence electrons. The molecule has 2 aromatic rings. The van der Waals surface area contributed by atoms with Crippen molar-refractivity contribution in [3.8, 4) is 0 Å². The van der Waals surface area contributed by atoms with Crippen molar-refractivity contribution in [2.45, 2.75) is 45.6 Å². The number of rotatable bonds is 3. The van der Waals surface area contributed by atoms with Gasteiger partial charge in [-0.3, -0.25) is 9.69 Å².